The zero-order valence-corrected chi connectivity index (χ0v) is 19.7. The van der Waals surface area contributed by atoms with Crippen LogP contribution in [0.2, 0.25) is 10.0 Å². The Morgan fingerprint density at radius 3 is 2.61 bits per heavy atom. The fourth-order valence-corrected chi connectivity index (χ4v) is 5.26. The number of amides is 1. The molecular formula is C26H17Cl2N3OS. The van der Waals surface area contributed by atoms with Gasteiger partial charge in [0.25, 0.3) is 5.91 Å². The zero-order chi connectivity index (χ0) is 22.9. The smallest absolute Gasteiger partial charge is 0.280 e. The normalized spacial score (nSPS) is 11.9. The van der Waals surface area contributed by atoms with Crippen molar-refractivity contribution >= 4 is 61.6 Å². The van der Waals surface area contributed by atoms with Gasteiger partial charge in [0, 0.05) is 17.5 Å². The van der Waals surface area contributed by atoms with E-state index < -0.39 is 0 Å². The summed E-state index contributed by atoms with van der Waals surface area (Å²) >= 11 is 14.1. The van der Waals surface area contributed by atoms with Crippen LogP contribution in [0.5, 0.6) is 0 Å². The van der Waals surface area contributed by atoms with Crippen LogP contribution in [0.3, 0.4) is 0 Å². The summed E-state index contributed by atoms with van der Waals surface area (Å²) in [5.41, 5.74) is 3.62. The van der Waals surface area contributed by atoms with Gasteiger partial charge in [-0.2, -0.15) is 4.99 Å². The summed E-state index contributed by atoms with van der Waals surface area (Å²) in [4.78, 5) is 23.3. The van der Waals surface area contributed by atoms with Gasteiger partial charge >= 0.3 is 0 Å². The maximum atomic E-state index is 13.5. The molecule has 1 amide bonds. The molecule has 0 saturated carbocycles. The number of carbonyl (C=O) groups is 1. The molecule has 0 spiro atoms. The third-order valence-electron chi connectivity index (χ3n) is 5.26. The number of rotatable bonds is 4. The standard InChI is InChI=1S/C26H17Cl2N3OS/c1-2-14-31-24-22(13-12-19(27)23(24)28)33-26(31)30-25(32)18-15-21(16-8-4-3-5-9-16)29-20-11-7-6-10-17(18)20/h2-13,15H,1,14H2. The summed E-state index contributed by atoms with van der Waals surface area (Å²) in [6, 6.07) is 22.8. The number of para-hydroxylation sites is 1. The van der Waals surface area contributed by atoms with E-state index in [-0.39, 0.29) is 5.91 Å². The second kappa shape index (κ2) is 8.94. The summed E-state index contributed by atoms with van der Waals surface area (Å²) in [6.07, 6.45) is 1.74. The second-order valence-electron chi connectivity index (χ2n) is 7.35. The highest BCUT2D eigenvalue weighted by Crippen LogP contribution is 2.32. The van der Waals surface area contributed by atoms with Crippen LogP contribution in [-0.4, -0.2) is 15.5 Å². The highest BCUT2D eigenvalue weighted by Gasteiger charge is 2.16. The van der Waals surface area contributed by atoms with Crippen LogP contribution in [-0.2, 0) is 6.54 Å². The summed E-state index contributed by atoms with van der Waals surface area (Å²) in [5, 5.41) is 1.63. The van der Waals surface area contributed by atoms with Gasteiger partial charge in [0.1, 0.15) is 0 Å². The number of hydrogen-bond donors (Lipinski definition) is 0. The number of allylic oxidation sites excluding steroid dienone is 1. The second-order valence-corrected chi connectivity index (χ2v) is 9.14. The molecule has 4 nitrogen and oxygen atoms in total. The molecule has 2 aromatic heterocycles. The number of nitrogens with zero attached hydrogens (tertiary/aromatic N) is 3. The monoisotopic (exact) mass is 489 g/mol. The van der Waals surface area contributed by atoms with Crippen molar-refractivity contribution in [1.29, 1.82) is 0 Å². The molecule has 7 heteroatoms. The summed E-state index contributed by atoms with van der Waals surface area (Å²) in [5.74, 6) is -0.350. The van der Waals surface area contributed by atoms with Crippen LogP contribution >= 0.6 is 34.5 Å². The Bertz CT molecular complexity index is 1600. The quantitative estimate of drug-likeness (QED) is 0.251. The van der Waals surface area contributed by atoms with Crippen molar-refractivity contribution < 1.29 is 4.79 Å². The number of fused-ring (bicyclic) bond motifs is 2. The minimum atomic E-state index is -0.350. The summed E-state index contributed by atoms with van der Waals surface area (Å²) in [7, 11) is 0. The first-order valence-corrected chi connectivity index (χ1v) is 11.8. The van der Waals surface area contributed by atoms with Gasteiger partial charge in [-0.3, -0.25) is 4.79 Å². The van der Waals surface area contributed by atoms with Crippen molar-refractivity contribution in [3.63, 3.8) is 0 Å². The van der Waals surface area contributed by atoms with Crippen molar-refractivity contribution in [2.45, 2.75) is 6.54 Å². The largest absolute Gasteiger partial charge is 0.311 e. The van der Waals surface area contributed by atoms with E-state index >= 15 is 0 Å². The highest BCUT2D eigenvalue weighted by molar-refractivity contribution is 7.16. The predicted molar refractivity (Wildman–Crippen MR) is 137 cm³/mol. The molecule has 33 heavy (non-hydrogen) atoms. The van der Waals surface area contributed by atoms with Crippen LogP contribution < -0.4 is 4.80 Å². The highest BCUT2D eigenvalue weighted by atomic mass is 35.5. The zero-order valence-electron chi connectivity index (χ0n) is 17.3. The molecule has 2 heterocycles. The first-order valence-electron chi connectivity index (χ1n) is 10.2. The molecule has 0 unspecified atom stereocenters. The SMILES string of the molecule is C=CCn1c(=NC(=O)c2cc(-c3ccccc3)nc3ccccc23)sc2ccc(Cl)c(Cl)c21. The van der Waals surface area contributed by atoms with E-state index in [2.05, 4.69) is 11.6 Å². The van der Waals surface area contributed by atoms with Gasteiger partial charge in [-0.05, 0) is 24.3 Å². The number of carbonyl (C=O) groups excluding carboxylic acids is 1. The predicted octanol–water partition coefficient (Wildman–Crippen LogP) is 7.15. The Balaban J connectivity index is 1.73. The lowest BCUT2D eigenvalue weighted by atomic mass is 10.0. The molecule has 0 aliphatic rings. The van der Waals surface area contributed by atoms with Crippen molar-refractivity contribution in [3.05, 3.63) is 106 Å². The molecule has 0 N–H and O–H groups in total. The van der Waals surface area contributed by atoms with Crippen molar-refractivity contribution in [2.75, 3.05) is 0 Å². The third-order valence-corrected chi connectivity index (χ3v) is 7.10. The van der Waals surface area contributed by atoms with Crippen LogP contribution in [0.25, 0.3) is 32.4 Å². The average Bonchev–Trinajstić information content (AvgIpc) is 3.19. The Morgan fingerprint density at radius 1 is 1.06 bits per heavy atom. The van der Waals surface area contributed by atoms with Gasteiger partial charge in [0.2, 0.25) is 0 Å². The van der Waals surface area contributed by atoms with E-state index in [1.165, 1.54) is 11.3 Å². The summed E-state index contributed by atoms with van der Waals surface area (Å²) in [6.45, 7) is 4.27. The molecule has 0 aliphatic heterocycles. The molecule has 5 aromatic rings. The molecular weight excluding hydrogens is 473 g/mol. The van der Waals surface area contributed by atoms with E-state index in [9.17, 15) is 4.79 Å². The van der Waals surface area contributed by atoms with Gasteiger partial charge in [-0.1, -0.05) is 89.1 Å². The molecule has 0 saturated heterocycles. The number of aromatic nitrogens is 2. The Morgan fingerprint density at radius 2 is 1.82 bits per heavy atom. The fraction of sp³-hybridized carbons (Fsp3) is 0.0385. The van der Waals surface area contributed by atoms with E-state index in [0.717, 1.165) is 32.4 Å². The van der Waals surface area contributed by atoms with Gasteiger partial charge in [0.05, 0.1) is 37.0 Å². The maximum Gasteiger partial charge on any atom is 0.280 e. The lowest BCUT2D eigenvalue weighted by molar-refractivity contribution is 0.0999. The summed E-state index contributed by atoms with van der Waals surface area (Å²) < 4.78 is 2.75. The first kappa shape index (κ1) is 21.6. The lowest BCUT2D eigenvalue weighted by Gasteiger charge is -2.08. The van der Waals surface area contributed by atoms with Crippen molar-refractivity contribution in [3.8, 4) is 11.3 Å². The third kappa shape index (κ3) is 4.00. The minimum absolute atomic E-state index is 0.350. The van der Waals surface area contributed by atoms with Gasteiger partial charge < -0.3 is 4.57 Å². The molecule has 0 bridgehead atoms. The number of hydrogen-bond acceptors (Lipinski definition) is 3. The van der Waals surface area contributed by atoms with E-state index in [1.807, 2.05) is 65.2 Å². The van der Waals surface area contributed by atoms with Crippen LogP contribution in [0, 0.1) is 0 Å². The van der Waals surface area contributed by atoms with Crippen LogP contribution in [0.1, 0.15) is 10.4 Å². The molecule has 0 radical (unpaired) electrons. The molecule has 5 rings (SSSR count). The average molecular weight is 490 g/mol. The molecule has 162 valence electrons. The number of thiazole rings is 1. The van der Waals surface area contributed by atoms with Gasteiger partial charge in [-0.15, -0.1) is 6.58 Å². The molecule has 0 atom stereocenters. The van der Waals surface area contributed by atoms with Crippen LogP contribution in [0.15, 0.2) is 90.4 Å². The molecule has 0 fully saturated rings. The topological polar surface area (TPSA) is 47.2 Å². The number of halogens is 2. The molecule has 3 aromatic carbocycles. The Hall–Kier alpha value is -3.25. The van der Waals surface area contributed by atoms with E-state index in [4.69, 9.17) is 28.2 Å². The fourth-order valence-electron chi connectivity index (χ4n) is 3.74. The Kier molecular flexibility index (Phi) is 5.85. The van der Waals surface area contributed by atoms with Crippen LogP contribution in [0.4, 0.5) is 0 Å². The number of pyridine rings is 1. The minimum Gasteiger partial charge on any atom is -0.311 e. The van der Waals surface area contributed by atoms with E-state index in [0.29, 0.717) is 27.0 Å². The van der Waals surface area contributed by atoms with Crippen molar-refractivity contribution in [2.24, 2.45) is 4.99 Å². The maximum absolute atomic E-state index is 13.5. The van der Waals surface area contributed by atoms with E-state index in [1.54, 1.807) is 18.2 Å². The Labute approximate surface area is 204 Å². The lowest BCUT2D eigenvalue weighted by Crippen LogP contribution is -2.16. The van der Waals surface area contributed by atoms with Gasteiger partial charge in [0.15, 0.2) is 4.80 Å². The van der Waals surface area contributed by atoms with Gasteiger partial charge in [-0.25, -0.2) is 4.98 Å². The first-order chi connectivity index (χ1) is 16.1. The number of benzene rings is 3. The van der Waals surface area contributed by atoms with Crippen molar-refractivity contribution in [1.82, 2.24) is 9.55 Å². The molecule has 0 aliphatic carbocycles.